The van der Waals surface area contributed by atoms with Gasteiger partial charge in [-0.15, -0.1) is 11.3 Å². The number of amides is 1. The number of nitrogens with two attached hydrogens (primary N) is 2. The zero-order chi connectivity index (χ0) is 23.0. The number of amidine groups is 1. The Kier molecular flexibility index (Phi) is 8.35. The fourth-order valence-corrected chi connectivity index (χ4v) is 4.97. The molecule has 6 N–H and O–H groups in total. The minimum atomic E-state index is -4.46. The van der Waals surface area contributed by atoms with E-state index in [0.717, 1.165) is 23.2 Å². The van der Waals surface area contributed by atoms with Crippen molar-refractivity contribution in [1.29, 1.82) is 10.7 Å². The summed E-state index contributed by atoms with van der Waals surface area (Å²) in [4.78, 5) is 11.1. The minimum absolute atomic E-state index is 0.0865. The highest BCUT2D eigenvalue weighted by molar-refractivity contribution is 8.13. The standard InChI is InChI=1S/C12H8N2O4S2.C8H10N2S/c13-6-7(11(14)15)5-9-8-3-1-2-4-10(8)19-12(9)20(16,17)18;9-8(10)11-6-7-4-2-1-3-5-7/h1-5H,(H2,14,15)(H,16,17,18);1-5H,6H2,(H3,9,10)/b7-5+;. The van der Waals surface area contributed by atoms with Crippen molar-refractivity contribution < 1.29 is 17.8 Å². The van der Waals surface area contributed by atoms with Gasteiger partial charge in [0.15, 0.2) is 9.38 Å². The molecular weight excluding hydrogens is 456 g/mol. The number of thiophene rings is 1. The van der Waals surface area contributed by atoms with Gasteiger partial charge in [0, 0.05) is 21.4 Å². The highest BCUT2D eigenvalue weighted by atomic mass is 32.3. The molecule has 160 valence electrons. The van der Waals surface area contributed by atoms with Gasteiger partial charge in [0.25, 0.3) is 5.91 Å². The summed E-state index contributed by atoms with van der Waals surface area (Å²) in [7, 11) is -4.46. The average Bonchev–Trinajstić information content (AvgIpc) is 3.10. The second kappa shape index (κ2) is 10.7. The Labute approximate surface area is 187 Å². The number of primary amides is 1. The third-order valence-corrected chi connectivity index (χ3v) is 7.09. The number of carbonyl (C=O) groups excluding carboxylic acids is 1. The van der Waals surface area contributed by atoms with Crippen LogP contribution in [0.1, 0.15) is 11.1 Å². The molecule has 0 aliphatic heterocycles. The molecule has 11 heteroatoms. The maximum atomic E-state index is 11.4. The first-order valence-electron chi connectivity index (χ1n) is 8.55. The maximum Gasteiger partial charge on any atom is 0.304 e. The van der Waals surface area contributed by atoms with Gasteiger partial charge in [-0.25, -0.2) is 0 Å². The third kappa shape index (κ3) is 6.94. The van der Waals surface area contributed by atoms with Crippen LogP contribution in [-0.4, -0.2) is 24.0 Å². The number of hydrogen-bond acceptors (Lipinski definition) is 7. The molecule has 3 aromatic rings. The topological polar surface area (TPSA) is 171 Å². The Hall–Kier alpha value is -3.17. The quantitative estimate of drug-likeness (QED) is 0.144. The predicted molar refractivity (Wildman–Crippen MR) is 124 cm³/mol. The van der Waals surface area contributed by atoms with Gasteiger partial charge in [-0.1, -0.05) is 60.3 Å². The van der Waals surface area contributed by atoms with Crippen LogP contribution in [0.25, 0.3) is 16.2 Å². The minimum Gasteiger partial charge on any atom is -0.379 e. The molecule has 0 aliphatic rings. The Morgan fingerprint density at radius 1 is 1.16 bits per heavy atom. The molecule has 0 atom stereocenters. The molecule has 2 aromatic carbocycles. The molecule has 0 fully saturated rings. The van der Waals surface area contributed by atoms with Gasteiger partial charge < -0.3 is 11.5 Å². The Bertz CT molecular complexity index is 1280. The van der Waals surface area contributed by atoms with Crippen LogP contribution in [0, 0.1) is 16.7 Å². The van der Waals surface area contributed by atoms with Gasteiger partial charge in [-0.05, 0) is 17.7 Å². The summed E-state index contributed by atoms with van der Waals surface area (Å²) in [5.41, 5.74) is 11.1. The Morgan fingerprint density at radius 3 is 2.32 bits per heavy atom. The summed E-state index contributed by atoms with van der Waals surface area (Å²) < 4.78 is 32.3. The number of fused-ring (bicyclic) bond motifs is 1. The molecule has 0 bridgehead atoms. The number of carbonyl (C=O) groups is 1. The van der Waals surface area contributed by atoms with Crippen LogP contribution in [0.5, 0.6) is 0 Å². The summed E-state index contributed by atoms with van der Waals surface area (Å²) in [6, 6.07) is 18.3. The van der Waals surface area contributed by atoms with Crippen LogP contribution >= 0.6 is 23.1 Å². The van der Waals surface area contributed by atoms with E-state index in [1.807, 2.05) is 30.3 Å². The summed E-state index contributed by atoms with van der Waals surface area (Å²) in [5, 5.41) is 16.5. The van der Waals surface area contributed by atoms with Crippen LogP contribution < -0.4 is 11.5 Å². The van der Waals surface area contributed by atoms with Crippen LogP contribution in [-0.2, 0) is 20.7 Å². The molecule has 1 amide bonds. The lowest BCUT2D eigenvalue weighted by atomic mass is 10.1. The molecule has 0 saturated carbocycles. The van der Waals surface area contributed by atoms with Gasteiger partial charge >= 0.3 is 10.1 Å². The van der Waals surface area contributed by atoms with Crippen LogP contribution in [0.2, 0.25) is 0 Å². The van der Waals surface area contributed by atoms with Crippen molar-refractivity contribution >= 4 is 60.5 Å². The Balaban J connectivity index is 0.000000262. The molecule has 0 saturated heterocycles. The average molecular weight is 475 g/mol. The lowest BCUT2D eigenvalue weighted by Gasteiger charge is -1.97. The smallest absolute Gasteiger partial charge is 0.304 e. The maximum absolute atomic E-state index is 11.4. The second-order valence-corrected chi connectivity index (χ2v) is 9.63. The number of thioether (sulfide) groups is 1. The van der Waals surface area contributed by atoms with Crippen LogP contribution in [0.4, 0.5) is 0 Å². The first-order valence-corrected chi connectivity index (χ1v) is 11.8. The van der Waals surface area contributed by atoms with Crippen molar-refractivity contribution in [2.24, 2.45) is 11.5 Å². The first kappa shape index (κ1) is 24.1. The molecule has 8 nitrogen and oxygen atoms in total. The molecule has 1 aromatic heterocycles. The first-order chi connectivity index (χ1) is 14.6. The predicted octanol–water partition coefficient (Wildman–Crippen LogP) is 3.35. The zero-order valence-corrected chi connectivity index (χ0v) is 18.4. The van der Waals surface area contributed by atoms with Crippen molar-refractivity contribution in [3.8, 4) is 6.07 Å². The van der Waals surface area contributed by atoms with Crippen molar-refractivity contribution in [3.63, 3.8) is 0 Å². The molecule has 0 unspecified atom stereocenters. The highest BCUT2D eigenvalue weighted by Gasteiger charge is 2.21. The van der Waals surface area contributed by atoms with E-state index in [2.05, 4.69) is 0 Å². The van der Waals surface area contributed by atoms with Gasteiger partial charge in [0.05, 0.1) is 0 Å². The van der Waals surface area contributed by atoms with E-state index in [4.69, 9.17) is 22.1 Å². The van der Waals surface area contributed by atoms with E-state index in [1.165, 1.54) is 17.3 Å². The largest absolute Gasteiger partial charge is 0.379 e. The fourth-order valence-electron chi connectivity index (χ4n) is 2.41. The number of rotatable bonds is 5. The van der Waals surface area contributed by atoms with E-state index in [0.29, 0.717) is 10.1 Å². The monoisotopic (exact) mass is 474 g/mol. The summed E-state index contributed by atoms with van der Waals surface area (Å²) in [6.45, 7) is 0. The Morgan fingerprint density at radius 2 is 1.77 bits per heavy atom. The van der Waals surface area contributed by atoms with Crippen LogP contribution in [0.15, 0.2) is 64.4 Å². The molecule has 3 rings (SSSR count). The van der Waals surface area contributed by atoms with Crippen molar-refractivity contribution in [2.75, 3.05) is 0 Å². The number of benzene rings is 2. The van der Waals surface area contributed by atoms with E-state index in [9.17, 15) is 17.8 Å². The van der Waals surface area contributed by atoms with E-state index >= 15 is 0 Å². The van der Waals surface area contributed by atoms with Crippen molar-refractivity contribution in [3.05, 3.63) is 71.3 Å². The summed E-state index contributed by atoms with van der Waals surface area (Å²) in [6.07, 6.45) is 1.07. The van der Waals surface area contributed by atoms with E-state index < -0.39 is 21.6 Å². The van der Waals surface area contributed by atoms with E-state index in [-0.39, 0.29) is 14.9 Å². The molecule has 1 heterocycles. The second-order valence-electron chi connectivity index (χ2n) is 5.95. The van der Waals surface area contributed by atoms with Crippen molar-refractivity contribution in [2.45, 2.75) is 9.96 Å². The number of nitrogens with zero attached hydrogens (tertiary/aromatic N) is 1. The fraction of sp³-hybridized carbons (Fsp3) is 0.0500. The summed E-state index contributed by atoms with van der Waals surface area (Å²) in [5.74, 6) is -0.181. The van der Waals surface area contributed by atoms with Gasteiger partial charge in [0.1, 0.15) is 11.6 Å². The van der Waals surface area contributed by atoms with Crippen LogP contribution in [0.3, 0.4) is 0 Å². The SMILES string of the molecule is N#C/C(=C\c1c(S(=O)(=O)O)sc2ccccc12)C(N)=O.N=C(N)SCc1ccccc1. The van der Waals surface area contributed by atoms with Gasteiger partial charge in [-0.3, -0.25) is 14.8 Å². The highest BCUT2D eigenvalue weighted by Crippen LogP contribution is 2.35. The molecule has 0 aliphatic carbocycles. The lowest BCUT2D eigenvalue weighted by molar-refractivity contribution is -0.114. The molecular formula is C20H18N4O4S3. The number of hydrogen-bond donors (Lipinski definition) is 4. The van der Waals surface area contributed by atoms with Gasteiger partial charge in [0.2, 0.25) is 0 Å². The van der Waals surface area contributed by atoms with Gasteiger partial charge in [-0.2, -0.15) is 13.7 Å². The molecule has 31 heavy (non-hydrogen) atoms. The normalized spacial score (nSPS) is 11.3. The van der Waals surface area contributed by atoms with E-state index in [1.54, 1.807) is 30.3 Å². The number of nitrogens with one attached hydrogen (secondary N) is 1. The third-order valence-electron chi connectivity index (χ3n) is 3.75. The number of nitriles is 1. The zero-order valence-electron chi connectivity index (χ0n) is 16.0. The van der Waals surface area contributed by atoms with Crippen molar-refractivity contribution in [1.82, 2.24) is 0 Å². The lowest BCUT2D eigenvalue weighted by Crippen LogP contribution is -2.12. The molecule has 0 spiro atoms. The summed E-state index contributed by atoms with van der Waals surface area (Å²) >= 11 is 2.20. The molecule has 0 radical (unpaired) electrons.